The van der Waals surface area contributed by atoms with Gasteiger partial charge in [-0.3, -0.25) is 9.59 Å². The van der Waals surface area contributed by atoms with Gasteiger partial charge in [0.05, 0.1) is 35.1 Å². The minimum absolute atomic E-state index is 0.0533. The Kier molecular flexibility index (Phi) is 5.62. The molecule has 1 N–H and O–H groups in total. The lowest BCUT2D eigenvalue weighted by atomic mass is 10.1. The standard InChI is InChI=1S/C19H19ClN2O5S/c1-12-11-28(25,26)22(19(12)24)14-7-8-15(16(20)9-14)18(23)21-10-13-5-3-4-6-17(13)27-2/h3-9,12H,10-11H2,1-2H3,(H,21,23). The van der Waals surface area contributed by atoms with Crippen LogP contribution >= 0.6 is 11.6 Å². The molecule has 3 rings (SSSR count). The van der Waals surface area contributed by atoms with Crippen LogP contribution in [-0.4, -0.2) is 33.1 Å². The first-order valence-corrected chi connectivity index (χ1v) is 10.5. The highest BCUT2D eigenvalue weighted by Gasteiger charge is 2.42. The summed E-state index contributed by atoms with van der Waals surface area (Å²) in [5, 5.41) is 2.80. The van der Waals surface area contributed by atoms with Crippen LogP contribution in [0.2, 0.25) is 5.02 Å². The molecule has 0 aliphatic carbocycles. The molecule has 7 nitrogen and oxygen atoms in total. The Morgan fingerprint density at radius 3 is 2.61 bits per heavy atom. The summed E-state index contributed by atoms with van der Waals surface area (Å²) >= 11 is 6.20. The molecule has 0 spiro atoms. The van der Waals surface area contributed by atoms with E-state index < -0.39 is 27.8 Å². The number of rotatable bonds is 5. The largest absolute Gasteiger partial charge is 0.496 e. The van der Waals surface area contributed by atoms with E-state index in [1.165, 1.54) is 18.2 Å². The molecule has 2 amide bonds. The Labute approximate surface area is 168 Å². The van der Waals surface area contributed by atoms with Gasteiger partial charge in [0, 0.05) is 12.1 Å². The second kappa shape index (κ2) is 7.81. The van der Waals surface area contributed by atoms with Crippen LogP contribution in [0.3, 0.4) is 0 Å². The maximum absolute atomic E-state index is 12.5. The minimum atomic E-state index is -3.73. The molecule has 9 heteroatoms. The molecule has 1 heterocycles. The number of amides is 2. The van der Waals surface area contributed by atoms with Gasteiger partial charge in [0.25, 0.3) is 5.91 Å². The van der Waals surface area contributed by atoms with E-state index in [0.717, 1.165) is 9.87 Å². The van der Waals surface area contributed by atoms with Crippen LogP contribution in [0.4, 0.5) is 5.69 Å². The number of halogens is 1. The molecule has 1 atom stereocenters. The molecule has 1 aliphatic rings. The van der Waals surface area contributed by atoms with Crippen LogP contribution in [0.25, 0.3) is 0 Å². The first kappa shape index (κ1) is 20.2. The third kappa shape index (κ3) is 3.83. The van der Waals surface area contributed by atoms with E-state index in [9.17, 15) is 18.0 Å². The molecular formula is C19H19ClN2O5S. The number of carbonyl (C=O) groups excluding carboxylic acids is 2. The van der Waals surface area contributed by atoms with Gasteiger partial charge in [-0.25, -0.2) is 12.7 Å². The van der Waals surface area contributed by atoms with Gasteiger partial charge in [-0.15, -0.1) is 0 Å². The minimum Gasteiger partial charge on any atom is -0.496 e. The summed E-state index contributed by atoms with van der Waals surface area (Å²) in [6, 6.07) is 11.4. The monoisotopic (exact) mass is 422 g/mol. The van der Waals surface area contributed by atoms with E-state index in [1.54, 1.807) is 20.1 Å². The van der Waals surface area contributed by atoms with Crippen LogP contribution < -0.4 is 14.4 Å². The Bertz CT molecular complexity index is 1040. The zero-order chi connectivity index (χ0) is 20.5. The van der Waals surface area contributed by atoms with Crippen LogP contribution in [-0.2, 0) is 21.4 Å². The Hall–Kier alpha value is -2.58. The van der Waals surface area contributed by atoms with Crippen LogP contribution in [0.1, 0.15) is 22.8 Å². The van der Waals surface area contributed by atoms with Gasteiger partial charge in [0.15, 0.2) is 0 Å². The smallest absolute Gasteiger partial charge is 0.253 e. The maximum Gasteiger partial charge on any atom is 0.253 e. The zero-order valence-corrected chi connectivity index (χ0v) is 16.9. The number of methoxy groups -OCH3 is 1. The summed E-state index contributed by atoms with van der Waals surface area (Å²) in [7, 11) is -2.19. The molecule has 0 radical (unpaired) electrons. The number of hydrogen-bond donors (Lipinski definition) is 1. The second-order valence-electron chi connectivity index (χ2n) is 6.44. The first-order chi connectivity index (χ1) is 13.2. The van der Waals surface area contributed by atoms with E-state index in [2.05, 4.69) is 5.32 Å². The van der Waals surface area contributed by atoms with Crippen molar-refractivity contribution in [3.8, 4) is 5.75 Å². The van der Waals surface area contributed by atoms with Crippen molar-refractivity contribution in [3.63, 3.8) is 0 Å². The molecule has 148 valence electrons. The normalized spacial score (nSPS) is 18.2. The molecule has 2 aromatic rings. The van der Waals surface area contributed by atoms with Crippen LogP contribution in [0.15, 0.2) is 42.5 Å². The highest BCUT2D eigenvalue weighted by Crippen LogP contribution is 2.31. The molecule has 0 saturated carbocycles. The van der Waals surface area contributed by atoms with E-state index >= 15 is 0 Å². The van der Waals surface area contributed by atoms with E-state index in [-0.39, 0.29) is 28.6 Å². The van der Waals surface area contributed by atoms with Gasteiger partial charge >= 0.3 is 0 Å². The number of nitrogens with one attached hydrogen (secondary N) is 1. The van der Waals surface area contributed by atoms with E-state index in [4.69, 9.17) is 16.3 Å². The van der Waals surface area contributed by atoms with Crippen LogP contribution in [0, 0.1) is 5.92 Å². The van der Waals surface area contributed by atoms with Crippen LogP contribution in [0.5, 0.6) is 5.75 Å². The molecular weight excluding hydrogens is 404 g/mol. The molecule has 1 saturated heterocycles. The lowest BCUT2D eigenvalue weighted by Crippen LogP contribution is -2.30. The van der Waals surface area contributed by atoms with Gasteiger partial charge in [0.2, 0.25) is 15.9 Å². The van der Waals surface area contributed by atoms with Crippen molar-refractivity contribution in [1.29, 1.82) is 0 Å². The third-order valence-corrected chi connectivity index (χ3v) is 6.61. The molecule has 1 aliphatic heterocycles. The van der Waals surface area contributed by atoms with Crippen molar-refractivity contribution in [2.24, 2.45) is 5.92 Å². The third-order valence-electron chi connectivity index (χ3n) is 4.42. The van der Waals surface area contributed by atoms with Crippen molar-refractivity contribution in [2.45, 2.75) is 13.5 Å². The number of para-hydroxylation sites is 1. The fraction of sp³-hybridized carbons (Fsp3) is 0.263. The molecule has 0 aromatic heterocycles. The molecule has 28 heavy (non-hydrogen) atoms. The Morgan fingerprint density at radius 2 is 2.00 bits per heavy atom. The van der Waals surface area contributed by atoms with Crippen molar-refractivity contribution in [2.75, 3.05) is 17.2 Å². The number of benzene rings is 2. The molecule has 2 aromatic carbocycles. The van der Waals surface area contributed by atoms with Gasteiger partial charge in [-0.1, -0.05) is 36.7 Å². The number of sulfonamides is 1. The average Bonchev–Trinajstić information content (AvgIpc) is 2.86. The van der Waals surface area contributed by atoms with Gasteiger partial charge < -0.3 is 10.1 Å². The summed E-state index contributed by atoms with van der Waals surface area (Å²) < 4.78 is 30.4. The second-order valence-corrected chi connectivity index (χ2v) is 8.71. The van der Waals surface area contributed by atoms with Crippen molar-refractivity contribution in [3.05, 3.63) is 58.6 Å². The van der Waals surface area contributed by atoms with Crippen molar-refractivity contribution < 1.29 is 22.7 Å². The number of nitrogens with zero attached hydrogens (tertiary/aromatic N) is 1. The predicted octanol–water partition coefficient (Wildman–Crippen LogP) is 2.59. The highest BCUT2D eigenvalue weighted by molar-refractivity contribution is 7.94. The fourth-order valence-electron chi connectivity index (χ4n) is 3.02. The van der Waals surface area contributed by atoms with E-state index in [0.29, 0.717) is 5.75 Å². The molecule has 1 unspecified atom stereocenters. The maximum atomic E-state index is 12.5. The SMILES string of the molecule is COc1ccccc1CNC(=O)c1ccc(N2C(=O)C(C)CS2(=O)=O)cc1Cl. The number of carbonyl (C=O) groups is 2. The summed E-state index contributed by atoms with van der Waals surface area (Å²) in [4.78, 5) is 24.7. The number of ether oxygens (including phenoxy) is 1. The lowest BCUT2D eigenvalue weighted by molar-refractivity contribution is -0.119. The highest BCUT2D eigenvalue weighted by atomic mass is 35.5. The first-order valence-electron chi connectivity index (χ1n) is 8.51. The Morgan fingerprint density at radius 1 is 1.29 bits per heavy atom. The van der Waals surface area contributed by atoms with Gasteiger partial charge in [-0.2, -0.15) is 0 Å². The quantitative estimate of drug-likeness (QED) is 0.799. The molecule has 1 fully saturated rings. The summed E-state index contributed by atoms with van der Waals surface area (Å²) in [5.41, 5.74) is 1.10. The fourth-order valence-corrected chi connectivity index (χ4v) is 5.09. The zero-order valence-electron chi connectivity index (χ0n) is 15.3. The Balaban J connectivity index is 1.79. The predicted molar refractivity (Wildman–Crippen MR) is 106 cm³/mol. The van der Waals surface area contributed by atoms with Crippen molar-refractivity contribution in [1.82, 2.24) is 5.32 Å². The van der Waals surface area contributed by atoms with Gasteiger partial charge in [-0.05, 0) is 24.3 Å². The summed E-state index contributed by atoms with van der Waals surface area (Å²) in [6.07, 6.45) is 0. The van der Waals surface area contributed by atoms with Gasteiger partial charge in [0.1, 0.15) is 5.75 Å². The lowest BCUT2D eigenvalue weighted by Gasteiger charge is -2.16. The van der Waals surface area contributed by atoms with Crippen molar-refractivity contribution >= 4 is 39.1 Å². The van der Waals surface area contributed by atoms with E-state index in [1.807, 2.05) is 18.2 Å². The molecule has 0 bridgehead atoms. The topological polar surface area (TPSA) is 92.8 Å². The number of anilines is 1. The summed E-state index contributed by atoms with van der Waals surface area (Å²) in [5.74, 6) is -1.15. The number of hydrogen-bond acceptors (Lipinski definition) is 5. The summed E-state index contributed by atoms with van der Waals surface area (Å²) in [6.45, 7) is 1.79. The average molecular weight is 423 g/mol.